The van der Waals surface area contributed by atoms with E-state index < -0.39 is 22.2 Å². The highest BCUT2D eigenvalue weighted by Gasteiger charge is 2.21. The lowest BCUT2D eigenvalue weighted by Gasteiger charge is -2.05. The quantitative estimate of drug-likeness (QED) is 0.692. The molecule has 0 saturated carbocycles. The van der Waals surface area contributed by atoms with E-state index in [0.29, 0.717) is 4.47 Å². The number of halogens is 3. The molecule has 0 unspecified atom stereocenters. The van der Waals surface area contributed by atoms with E-state index in [9.17, 15) is 18.9 Å². The fourth-order valence-corrected chi connectivity index (χ4v) is 2.31. The number of aromatic nitrogens is 1. The number of rotatable bonds is 4. The summed E-state index contributed by atoms with van der Waals surface area (Å²) in [5, 5.41) is 13.2. The zero-order valence-corrected chi connectivity index (χ0v) is 10.8. The van der Waals surface area contributed by atoms with Gasteiger partial charge in [-0.15, -0.1) is 11.3 Å². The number of nitrogens with one attached hydrogen (secondary N) is 1. The van der Waals surface area contributed by atoms with Crippen molar-refractivity contribution in [3.8, 4) is 0 Å². The molecule has 0 fully saturated rings. The van der Waals surface area contributed by atoms with Crippen LogP contribution in [0.4, 0.5) is 20.2 Å². The van der Waals surface area contributed by atoms with Crippen molar-refractivity contribution in [2.24, 2.45) is 0 Å². The van der Waals surface area contributed by atoms with E-state index in [1.165, 1.54) is 17.5 Å². The van der Waals surface area contributed by atoms with E-state index in [2.05, 4.69) is 10.3 Å². The summed E-state index contributed by atoms with van der Waals surface area (Å²) in [5.74, 6) is -2.45. The van der Waals surface area contributed by atoms with Crippen LogP contribution >= 0.6 is 22.9 Å². The van der Waals surface area contributed by atoms with Crippen molar-refractivity contribution in [2.75, 3.05) is 5.32 Å². The third-order valence-corrected chi connectivity index (χ3v) is 3.31. The summed E-state index contributed by atoms with van der Waals surface area (Å²) in [5.41, 5.74) is -1.06. The van der Waals surface area contributed by atoms with Gasteiger partial charge in [0.05, 0.1) is 11.5 Å². The molecule has 0 radical (unpaired) electrons. The predicted molar refractivity (Wildman–Crippen MR) is 67.5 cm³/mol. The normalized spacial score (nSPS) is 10.5. The maximum Gasteiger partial charge on any atom is 0.340 e. The molecule has 1 N–H and O–H groups in total. The summed E-state index contributed by atoms with van der Waals surface area (Å²) in [6, 6.07) is 1.73. The van der Waals surface area contributed by atoms with Crippen molar-refractivity contribution in [1.29, 1.82) is 0 Å². The molecular formula is C10H6ClF2N3O2S. The van der Waals surface area contributed by atoms with Gasteiger partial charge in [0.15, 0.2) is 4.47 Å². The lowest BCUT2D eigenvalue weighted by atomic mass is 10.2. The minimum atomic E-state index is -1.23. The molecule has 2 rings (SSSR count). The van der Waals surface area contributed by atoms with Crippen LogP contribution in [0.2, 0.25) is 4.47 Å². The van der Waals surface area contributed by atoms with Crippen LogP contribution in [0, 0.1) is 21.7 Å². The average molecular weight is 306 g/mol. The minimum Gasteiger partial charge on any atom is -0.380 e. The molecule has 9 heteroatoms. The van der Waals surface area contributed by atoms with Crippen molar-refractivity contribution >= 4 is 34.3 Å². The van der Waals surface area contributed by atoms with Crippen LogP contribution in [0.15, 0.2) is 18.3 Å². The molecule has 1 aromatic carbocycles. The Bertz CT molecular complexity index is 612. The molecule has 0 spiro atoms. The molecular weight excluding hydrogens is 300 g/mol. The van der Waals surface area contributed by atoms with Crippen LogP contribution in [-0.4, -0.2) is 9.91 Å². The van der Waals surface area contributed by atoms with Crippen molar-refractivity contribution in [3.63, 3.8) is 0 Å². The Balaban J connectivity index is 2.16. The highest BCUT2D eigenvalue weighted by atomic mass is 35.5. The largest absolute Gasteiger partial charge is 0.380 e. The first kappa shape index (κ1) is 13.6. The van der Waals surface area contributed by atoms with Gasteiger partial charge in [-0.1, -0.05) is 11.6 Å². The third kappa shape index (κ3) is 3.15. The average Bonchev–Trinajstić information content (AvgIpc) is 2.71. The summed E-state index contributed by atoms with van der Waals surface area (Å²) in [4.78, 5) is 13.9. The molecule has 2 aromatic rings. The number of thiazole rings is 1. The smallest absolute Gasteiger partial charge is 0.340 e. The van der Waals surface area contributed by atoms with Gasteiger partial charge in [-0.05, 0) is 0 Å². The molecule has 5 nitrogen and oxygen atoms in total. The first-order chi connectivity index (χ1) is 8.97. The van der Waals surface area contributed by atoms with Gasteiger partial charge in [0, 0.05) is 28.9 Å². The molecule has 0 amide bonds. The summed E-state index contributed by atoms with van der Waals surface area (Å²) in [7, 11) is 0. The molecule has 0 aliphatic heterocycles. The first-order valence-electron chi connectivity index (χ1n) is 4.95. The minimum absolute atomic E-state index is 0.102. The van der Waals surface area contributed by atoms with Crippen LogP contribution in [0.5, 0.6) is 0 Å². The van der Waals surface area contributed by atoms with Gasteiger partial charge >= 0.3 is 5.69 Å². The summed E-state index contributed by atoms with van der Waals surface area (Å²) in [6.07, 6.45) is 1.53. The number of nitro groups is 1. The van der Waals surface area contributed by atoms with E-state index in [1.54, 1.807) is 0 Å². The van der Waals surface area contributed by atoms with Crippen molar-refractivity contribution in [3.05, 3.63) is 49.4 Å². The van der Waals surface area contributed by atoms with Gasteiger partial charge in [-0.2, -0.15) is 8.78 Å². The monoisotopic (exact) mass is 305 g/mol. The molecule has 0 saturated heterocycles. The molecule has 1 aromatic heterocycles. The molecule has 100 valence electrons. The second-order valence-corrected chi connectivity index (χ2v) is 5.18. The number of nitro benzene ring substituents is 1. The second kappa shape index (κ2) is 5.45. The van der Waals surface area contributed by atoms with Crippen LogP contribution in [0.1, 0.15) is 4.88 Å². The Morgan fingerprint density at radius 3 is 2.53 bits per heavy atom. The maximum atomic E-state index is 13.3. The summed E-state index contributed by atoms with van der Waals surface area (Å²) < 4.78 is 27.0. The Kier molecular flexibility index (Phi) is 3.91. The molecule has 0 aliphatic carbocycles. The predicted octanol–water partition coefficient (Wildman–Crippen LogP) is 3.60. The highest BCUT2D eigenvalue weighted by molar-refractivity contribution is 7.15. The molecule has 19 heavy (non-hydrogen) atoms. The van der Waals surface area contributed by atoms with Crippen LogP contribution in [0.3, 0.4) is 0 Å². The van der Waals surface area contributed by atoms with Gasteiger partial charge in [0.25, 0.3) is 0 Å². The number of anilines is 1. The number of hydrogen-bond acceptors (Lipinski definition) is 5. The second-order valence-electron chi connectivity index (χ2n) is 3.48. The Morgan fingerprint density at radius 2 is 2.05 bits per heavy atom. The maximum absolute atomic E-state index is 13.3. The summed E-state index contributed by atoms with van der Waals surface area (Å²) in [6.45, 7) is 0.265. The van der Waals surface area contributed by atoms with Gasteiger partial charge in [-0.3, -0.25) is 10.1 Å². The van der Waals surface area contributed by atoms with Crippen LogP contribution < -0.4 is 5.32 Å². The SMILES string of the molecule is O=[N+]([O-])c1c(F)cc(NCc2cnc(Cl)s2)cc1F. The molecule has 1 heterocycles. The Labute approximate surface area is 115 Å². The van der Waals surface area contributed by atoms with E-state index in [4.69, 9.17) is 11.6 Å². The Hall–Kier alpha value is -1.80. The van der Waals surface area contributed by atoms with Gasteiger partial charge in [0.2, 0.25) is 11.6 Å². The van der Waals surface area contributed by atoms with Gasteiger partial charge < -0.3 is 5.32 Å². The third-order valence-electron chi connectivity index (χ3n) is 2.19. The fraction of sp³-hybridized carbons (Fsp3) is 0.100. The zero-order chi connectivity index (χ0) is 14.0. The summed E-state index contributed by atoms with van der Waals surface area (Å²) >= 11 is 6.85. The van der Waals surface area contributed by atoms with E-state index in [0.717, 1.165) is 17.0 Å². The fourth-order valence-electron chi connectivity index (χ4n) is 1.40. The molecule has 0 aliphatic rings. The molecule has 0 atom stereocenters. The van der Waals surface area contributed by atoms with Crippen LogP contribution in [0.25, 0.3) is 0 Å². The lowest BCUT2D eigenvalue weighted by molar-refractivity contribution is -0.390. The number of hydrogen-bond donors (Lipinski definition) is 1. The van der Waals surface area contributed by atoms with Crippen LogP contribution in [-0.2, 0) is 6.54 Å². The highest BCUT2D eigenvalue weighted by Crippen LogP contribution is 2.26. The van der Waals surface area contributed by atoms with Crippen molar-refractivity contribution in [1.82, 2.24) is 4.98 Å². The number of nitrogens with zero attached hydrogens (tertiary/aromatic N) is 2. The topological polar surface area (TPSA) is 68.1 Å². The molecule has 0 bridgehead atoms. The van der Waals surface area contributed by atoms with E-state index >= 15 is 0 Å². The van der Waals surface area contributed by atoms with Crippen molar-refractivity contribution in [2.45, 2.75) is 6.54 Å². The zero-order valence-electron chi connectivity index (χ0n) is 9.19. The number of benzene rings is 1. The van der Waals surface area contributed by atoms with Gasteiger partial charge in [-0.25, -0.2) is 4.98 Å². The lowest BCUT2D eigenvalue weighted by Crippen LogP contribution is -2.02. The van der Waals surface area contributed by atoms with E-state index in [-0.39, 0.29) is 12.2 Å². The standard InChI is InChI=1S/C10H6ClF2N3O2S/c11-10-15-4-6(19-10)3-14-5-1-7(12)9(16(17)18)8(13)2-5/h1-2,4,14H,3H2. The Morgan fingerprint density at radius 1 is 1.42 bits per heavy atom. The van der Waals surface area contributed by atoms with E-state index in [1.807, 2.05) is 0 Å². The van der Waals surface area contributed by atoms with Crippen molar-refractivity contribution < 1.29 is 13.7 Å². The first-order valence-corrected chi connectivity index (χ1v) is 6.14. The van der Waals surface area contributed by atoms with Gasteiger partial charge in [0.1, 0.15) is 0 Å².